The van der Waals surface area contributed by atoms with Crippen molar-refractivity contribution in [2.75, 3.05) is 0 Å². The molecule has 0 bridgehead atoms. The summed E-state index contributed by atoms with van der Waals surface area (Å²) >= 11 is 5.81. The second-order valence-electron chi connectivity index (χ2n) is 4.44. The van der Waals surface area contributed by atoms with Crippen molar-refractivity contribution in [1.29, 1.82) is 0 Å². The van der Waals surface area contributed by atoms with Gasteiger partial charge >= 0.3 is 0 Å². The van der Waals surface area contributed by atoms with Gasteiger partial charge in [-0.15, -0.1) is 0 Å². The summed E-state index contributed by atoms with van der Waals surface area (Å²) in [6.45, 7) is 1.70. The molecular formula is C14H12ClFN2O3. The largest absolute Gasteiger partial charge is 0.457 e. The highest BCUT2D eigenvalue weighted by molar-refractivity contribution is 6.32. The predicted octanol–water partition coefficient (Wildman–Crippen LogP) is 4.20. The molecule has 0 unspecified atom stereocenters. The van der Waals surface area contributed by atoms with Crippen molar-refractivity contribution < 1.29 is 14.1 Å². The van der Waals surface area contributed by atoms with Crippen LogP contribution in [0, 0.1) is 15.9 Å². The molecule has 21 heavy (non-hydrogen) atoms. The maximum atomic E-state index is 13.2. The van der Waals surface area contributed by atoms with Gasteiger partial charge in [0, 0.05) is 23.7 Å². The molecule has 0 aliphatic carbocycles. The van der Waals surface area contributed by atoms with Gasteiger partial charge in [-0.2, -0.15) is 0 Å². The molecule has 0 amide bonds. The Morgan fingerprint density at radius 3 is 2.62 bits per heavy atom. The molecule has 110 valence electrons. The summed E-state index contributed by atoms with van der Waals surface area (Å²) in [6, 6.07) is 7.54. The van der Waals surface area contributed by atoms with E-state index in [9.17, 15) is 14.5 Å². The normalized spacial score (nSPS) is 12.0. The smallest absolute Gasteiger partial charge is 0.288 e. The molecular weight excluding hydrogens is 299 g/mol. The third kappa shape index (κ3) is 3.48. The molecule has 0 saturated heterocycles. The van der Waals surface area contributed by atoms with Gasteiger partial charge in [0.15, 0.2) is 0 Å². The third-order valence-electron chi connectivity index (χ3n) is 2.81. The Morgan fingerprint density at radius 1 is 1.33 bits per heavy atom. The summed E-state index contributed by atoms with van der Waals surface area (Å²) in [4.78, 5) is 10.1. The van der Waals surface area contributed by atoms with Crippen molar-refractivity contribution in [3.05, 3.63) is 62.9 Å². The molecule has 7 heteroatoms. The molecule has 2 rings (SSSR count). The number of nitro groups is 1. The van der Waals surface area contributed by atoms with Gasteiger partial charge in [-0.05, 0) is 31.2 Å². The molecule has 0 fully saturated rings. The molecule has 5 nitrogen and oxygen atoms in total. The van der Waals surface area contributed by atoms with Crippen molar-refractivity contribution in [2.24, 2.45) is 5.73 Å². The monoisotopic (exact) mass is 310 g/mol. The zero-order valence-electron chi connectivity index (χ0n) is 11.0. The number of hydrogen-bond donors (Lipinski definition) is 1. The number of nitro benzene ring substituents is 1. The molecule has 0 spiro atoms. The Hall–Kier alpha value is -2.18. The molecule has 0 heterocycles. The summed E-state index contributed by atoms with van der Waals surface area (Å²) < 4.78 is 18.8. The van der Waals surface area contributed by atoms with Crippen LogP contribution in [0.15, 0.2) is 36.4 Å². The molecule has 0 radical (unpaired) electrons. The van der Waals surface area contributed by atoms with Crippen molar-refractivity contribution >= 4 is 17.3 Å². The van der Waals surface area contributed by atoms with Crippen LogP contribution in [0.3, 0.4) is 0 Å². The van der Waals surface area contributed by atoms with E-state index in [1.54, 1.807) is 6.92 Å². The lowest BCUT2D eigenvalue weighted by molar-refractivity contribution is -0.384. The second-order valence-corrected chi connectivity index (χ2v) is 4.85. The van der Waals surface area contributed by atoms with Crippen LogP contribution in [0.1, 0.15) is 18.5 Å². The molecule has 2 aromatic rings. The Kier molecular flexibility index (Phi) is 4.40. The van der Waals surface area contributed by atoms with Crippen LogP contribution in [0.5, 0.6) is 11.5 Å². The average Bonchev–Trinajstić information content (AvgIpc) is 2.40. The molecule has 0 aromatic heterocycles. The molecule has 0 saturated carbocycles. The van der Waals surface area contributed by atoms with Gasteiger partial charge in [-0.3, -0.25) is 10.1 Å². The third-order valence-corrected chi connectivity index (χ3v) is 3.11. The number of nitrogens with two attached hydrogens (primary N) is 1. The molecule has 1 atom stereocenters. The Labute approximate surface area is 125 Å². The molecule has 0 aliphatic rings. The van der Waals surface area contributed by atoms with E-state index in [-0.39, 0.29) is 10.7 Å². The second kappa shape index (κ2) is 6.07. The molecule has 0 aliphatic heterocycles. The maximum Gasteiger partial charge on any atom is 0.288 e. The first-order valence-corrected chi connectivity index (χ1v) is 6.43. The van der Waals surface area contributed by atoms with E-state index in [0.29, 0.717) is 17.1 Å². The van der Waals surface area contributed by atoms with Gasteiger partial charge in [0.05, 0.1) is 4.92 Å². The number of rotatable bonds is 4. The number of ether oxygens (including phenoxy) is 1. The van der Waals surface area contributed by atoms with E-state index in [4.69, 9.17) is 22.1 Å². The predicted molar refractivity (Wildman–Crippen MR) is 77.2 cm³/mol. The quantitative estimate of drug-likeness (QED) is 0.678. The first kappa shape index (κ1) is 15.2. The van der Waals surface area contributed by atoms with Crippen LogP contribution >= 0.6 is 11.6 Å². The summed E-state index contributed by atoms with van der Waals surface area (Å²) in [5.41, 5.74) is 6.05. The SMILES string of the molecule is C[C@H](N)c1cc(F)ccc1Oc1ccc([N+](=O)[O-])c(Cl)c1. The van der Waals surface area contributed by atoms with Gasteiger partial charge in [-0.1, -0.05) is 11.6 Å². The molecule has 2 aromatic carbocycles. The number of halogens is 2. The first-order valence-electron chi connectivity index (χ1n) is 6.05. The van der Waals surface area contributed by atoms with Crippen molar-refractivity contribution in [3.63, 3.8) is 0 Å². The Bertz CT molecular complexity index is 692. The Morgan fingerprint density at radius 2 is 2.05 bits per heavy atom. The zero-order valence-corrected chi connectivity index (χ0v) is 11.8. The average molecular weight is 311 g/mol. The van der Waals surface area contributed by atoms with Crippen LogP contribution in [0.4, 0.5) is 10.1 Å². The fraction of sp³-hybridized carbons (Fsp3) is 0.143. The maximum absolute atomic E-state index is 13.2. The van der Waals surface area contributed by atoms with Crippen LogP contribution in [-0.4, -0.2) is 4.92 Å². The summed E-state index contributed by atoms with van der Waals surface area (Å²) in [6.07, 6.45) is 0. The van der Waals surface area contributed by atoms with Crippen molar-refractivity contribution in [2.45, 2.75) is 13.0 Å². The van der Waals surface area contributed by atoms with Crippen LogP contribution < -0.4 is 10.5 Å². The highest BCUT2D eigenvalue weighted by atomic mass is 35.5. The first-order chi connectivity index (χ1) is 9.88. The van der Waals surface area contributed by atoms with Crippen LogP contribution in [0.2, 0.25) is 5.02 Å². The number of nitrogens with zero attached hydrogens (tertiary/aromatic N) is 1. The summed E-state index contributed by atoms with van der Waals surface area (Å²) in [5, 5.41) is 10.7. The van der Waals surface area contributed by atoms with Crippen molar-refractivity contribution in [3.8, 4) is 11.5 Å². The van der Waals surface area contributed by atoms with Gasteiger partial charge in [0.25, 0.3) is 5.69 Å². The van der Waals surface area contributed by atoms with E-state index < -0.39 is 16.8 Å². The van der Waals surface area contributed by atoms with Gasteiger partial charge in [0.1, 0.15) is 22.3 Å². The van der Waals surface area contributed by atoms with E-state index in [1.165, 1.54) is 36.4 Å². The standard InChI is InChI=1S/C14H12ClFN2O3/c1-8(17)11-6-9(16)2-5-14(11)21-10-3-4-13(18(19)20)12(15)7-10/h2-8H,17H2,1H3/t8-/m0/s1. The highest BCUT2D eigenvalue weighted by Crippen LogP contribution is 2.33. The van der Waals surface area contributed by atoms with Crippen LogP contribution in [-0.2, 0) is 0 Å². The van der Waals surface area contributed by atoms with E-state index in [1.807, 2.05) is 0 Å². The lowest BCUT2D eigenvalue weighted by atomic mass is 10.1. The fourth-order valence-electron chi connectivity index (χ4n) is 1.79. The van der Waals surface area contributed by atoms with Gasteiger partial charge in [-0.25, -0.2) is 4.39 Å². The topological polar surface area (TPSA) is 78.4 Å². The summed E-state index contributed by atoms with van der Waals surface area (Å²) in [7, 11) is 0. The number of hydrogen-bond acceptors (Lipinski definition) is 4. The zero-order chi connectivity index (χ0) is 15.6. The van der Waals surface area contributed by atoms with Crippen molar-refractivity contribution in [1.82, 2.24) is 0 Å². The van der Waals surface area contributed by atoms with Gasteiger partial charge in [0.2, 0.25) is 0 Å². The lowest BCUT2D eigenvalue weighted by Crippen LogP contribution is -2.07. The number of benzene rings is 2. The fourth-order valence-corrected chi connectivity index (χ4v) is 2.03. The minimum atomic E-state index is -0.586. The highest BCUT2D eigenvalue weighted by Gasteiger charge is 2.15. The Balaban J connectivity index is 2.34. The minimum absolute atomic E-state index is 0.0399. The molecule has 2 N–H and O–H groups in total. The van der Waals surface area contributed by atoms with E-state index in [0.717, 1.165) is 0 Å². The van der Waals surface area contributed by atoms with Gasteiger partial charge < -0.3 is 10.5 Å². The lowest BCUT2D eigenvalue weighted by Gasteiger charge is -2.14. The van der Waals surface area contributed by atoms with E-state index in [2.05, 4.69) is 0 Å². The minimum Gasteiger partial charge on any atom is -0.457 e. The van der Waals surface area contributed by atoms with E-state index >= 15 is 0 Å². The summed E-state index contributed by atoms with van der Waals surface area (Å²) in [5.74, 6) is 0.256. The van der Waals surface area contributed by atoms with Crippen LogP contribution in [0.25, 0.3) is 0 Å².